The topological polar surface area (TPSA) is 45.2 Å². The van der Waals surface area contributed by atoms with Gasteiger partial charge in [0.25, 0.3) is 0 Å². The lowest BCUT2D eigenvalue weighted by molar-refractivity contribution is 0.0490. The van der Waals surface area contributed by atoms with Gasteiger partial charge in [-0.1, -0.05) is 61.9 Å². The highest BCUT2D eigenvalue weighted by atomic mass is 35.5. The molecule has 2 aromatic rings. The SMILES string of the molecule is CC1=CC(C(O)CC(C)C)C(C)(Cc2ccc(C)cn2)NC1c1ccccc1.Cl. The second-order valence-corrected chi connectivity index (χ2v) is 9.04. The Morgan fingerprint density at radius 1 is 1.10 bits per heavy atom. The quantitative estimate of drug-likeness (QED) is 0.619. The third-order valence-electron chi connectivity index (χ3n) is 5.89. The van der Waals surface area contributed by atoms with Gasteiger partial charge in [0.05, 0.1) is 12.1 Å². The first-order chi connectivity index (χ1) is 13.3. The first-order valence-corrected chi connectivity index (χ1v) is 10.4. The van der Waals surface area contributed by atoms with Crippen LogP contribution in [-0.2, 0) is 6.42 Å². The number of nitrogens with zero attached hydrogens (tertiary/aromatic N) is 1. The molecule has 158 valence electrons. The van der Waals surface area contributed by atoms with E-state index in [1.54, 1.807) is 0 Å². The van der Waals surface area contributed by atoms with Crippen LogP contribution >= 0.6 is 12.4 Å². The molecule has 0 saturated heterocycles. The van der Waals surface area contributed by atoms with Gasteiger partial charge in [0.2, 0.25) is 0 Å². The molecule has 4 unspecified atom stereocenters. The van der Waals surface area contributed by atoms with Crippen LogP contribution in [0.15, 0.2) is 60.3 Å². The molecule has 1 aromatic carbocycles. The van der Waals surface area contributed by atoms with Crippen molar-refractivity contribution >= 4 is 12.4 Å². The van der Waals surface area contributed by atoms with E-state index in [1.807, 2.05) is 6.20 Å². The summed E-state index contributed by atoms with van der Waals surface area (Å²) in [7, 11) is 0. The van der Waals surface area contributed by atoms with E-state index < -0.39 is 0 Å². The summed E-state index contributed by atoms with van der Waals surface area (Å²) in [4.78, 5) is 4.65. The molecule has 1 aliphatic heterocycles. The van der Waals surface area contributed by atoms with Crippen molar-refractivity contribution in [2.75, 3.05) is 0 Å². The number of aryl methyl sites for hydroxylation is 1. The van der Waals surface area contributed by atoms with Crippen LogP contribution in [0.2, 0.25) is 0 Å². The molecule has 2 heterocycles. The molecule has 0 aliphatic carbocycles. The zero-order chi connectivity index (χ0) is 20.3. The fourth-order valence-electron chi connectivity index (χ4n) is 4.41. The van der Waals surface area contributed by atoms with Gasteiger partial charge in [0, 0.05) is 29.8 Å². The molecule has 4 atom stereocenters. The molecule has 4 heteroatoms. The number of benzene rings is 1. The smallest absolute Gasteiger partial charge is 0.0623 e. The Hall–Kier alpha value is -1.68. The highest BCUT2D eigenvalue weighted by molar-refractivity contribution is 5.85. The Morgan fingerprint density at radius 2 is 1.79 bits per heavy atom. The number of halogens is 1. The van der Waals surface area contributed by atoms with Crippen LogP contribution in [0.25, 0.3) is 0 Å². The van der Waals surface area contributed by atoms with Crippen molar-refractivity contribution < 1.29 is 5.11 Å². The Morgan fingerprint density at radius 3 is 2.38 bits per heavy atom. The van der Waals surface area contributed by atoms with Crippen molar-refractivity contribution in [2.24, 2.45) is 11.8 Å². The molecule has 0 bridgehead atoms. The lowest BCUT2D eigenvalue weighted by atomic mass is 9.71. The van der Waals surface area contributed by atoms with Crippen molar-refractivity contribution in [1.82, 2.24) is 10.3 Å². The predicted molar refractivity (Wildman–Crippen MR) is 123 cm³/mol. The summed E-state index contributed by atoms with van der Waals surface area (Å²) in [6, 6.07) is 14.9. The number of aliphatic hydroxyl groups excluding tert-OH is 1. The van der Waals surface area contributed by atoms with Crippen LogP contribution in [0.1, 0.15) is 57.0 Å². The molecule has 0 amide bonds. The number of hydrogen-bond donors (Lipinski definition) is 2. The largest absolute Gasteiger partial charge is 0.392 e. The second kappa shape index (κ2) is 9.88. The number of pyridine rings is 1. The van der Waals surface area contributed by atoms with E-state index in [1.165, 1.54) is 16.7 Å². The average Bonchev–Trinajstić information content (AvgIpc) is 2.65. The highest BCUT2D eigenvalue weighted by Crippen LogP contribution is 2.39. The van der Waals surface area contributed by atoms with Crippen LogP contribution in [0.3, 0.4) is 0 Å². The molecule has 3 nitrogen and oxygen atoms in total. The minimum absolute atomic E-state index is 0. The van der Waals surface area contributed by atoms with Gasteiger partial charge in [-0.2, -0.15) is 0 Å². The Balaban J connectivity index is 0.00000300. The number of rotatable bonds is 6. The molecule has 0 spiro atoms. The van der Waals surface area contributed by atoms with Gasteiger partial charge in [0.15, 0.2) is 0 Å². The molecular weight excluding hydrogens is 380 g/mol. The Kier molecular flexibility index (Phi) is 8.04. The van der Waals surface area contributed by atoms with Gasteiger partial charge in [-0.15, -0.1) is 12.4 Å². The standard InChI is InChI=1S/C25H34N2O.ClH/c1-17(2)13-23(28)22-14-19(4)24(20-9-7-6-8-10-20)27-25(22,5)15-21-12-11-18(3)16-26-21;/h6-12,14,16-17,22-24,27-28H,13,15H2,1-5H3;1H. The normalized spacial score (nSPS) is 25.3. The first-order valence-electron chi connectivity index (χ1n) is 10.4. The number of aromatic nitrogens is 1. The second-order valence-electron chi connectivity index (χ2n) is 9.04. The summed E-state index contributed by atoms with van der Waals surface area (Å²) in [5, 5.41) is 15.0. The van der Waals surface area contributed by atoms with Gasteiger partial charge >= 0.3 is 0 Å². The minimum Gasteiger partial charge on any atom is -0.392 e. The van der Waals surface area contributed by atoms with Gasteiger partial charge in [0.1, 0.15) is 0 Å². The lowest BCUT2D eigenvalue weighted by Crippen LogP contribution is -2.57. The van der Waals surface area contributed by atoms with E-state index in [0.29, 0.717) is 5.92 Å². The summed E-state index contributed by atoms with van der Waals surface area (Å²) < 4.78 is 0. The van der Waals surface area contributed by atoms with Crippen molar-refractivity contribution in [3.8, 4) is 0 Å². The van der Waals surface area contributed by atoms with Crippen molar-refractivity contribution in [3.63, 3.8) is 0 Å². The number of hydrogen-bond acceptors (Lipinski definition) is 3. The average molecular weight is 415 g/mol. The zero-order valence-electron chi connectivity index (χ0n) is 18.2. The summed E-state index contributed by atoms with van der Waals surface area (Å²) in [6.07, 6.45) is 5.42. The molecule has 1 aliphatic rings. The fourth-order valence-corrected chi connectivity index (χ4v) is 4.41. The number of aliphatic hydroxyl groups is 1. The third kappa shape index (κ3) is 5.69. The minimum atomic E-state index is -0.380. The summed E-state index contributed by atoms with van der Waals surface area (Å²) in [6.45, 7) is 10.8. The summed E-state index contributed by atoms with van der Waals surface area (Å²) in [5.74, 6) is 0.496. The molecular formula is C25H35ClN2O. The van der Waals surface area contributed by atoms with Gasteiger partial charge in [-0.25, -0.2) is 0 Å². The molecule has 0 radical (unpaired) electrons. The lowest BCUT2D eigenvalue weighted by Gasteiger charge is -2.47. The molecule has 1 aromatic heterocycles. The van der Waals surface area contributed by atoms with E-state index in [2.05, 4.69) is 93.5 Å². The van der Waals surface area contributed by atoms with Gasteiger partial charge in [-0.3, -0.25) is 4.98 Å². The van der Waals surface area contributed by atoms with Crippen molar-refractivity contribution in [2.45, 2.75) is 65.1 Å². The van der Waals surface area contributed by atoms with Crippen LogP contribution in [0, 0.1) is 18.8 Å². The maximum Gasteiger partial charge on any atom is 0.0623 e. The first kappa shape index (κ1) is 23.6. The highest BCUT2D eigenvalue weighted by Gasteiger charge is 2.43. The van der Waals surface area contributed by atoms with E-state index in [4.69, 9.17) is 0 Å². The van der Waals surface area contributed by atoms with E-state index in [0.717, 1.165) is 18.5 Å². The Labute approximate surface area is 182 Å². The van der Waals surface area contributed by atoms with Gasteiger partial charge in [-0.05, 0) is 50.3 Å². The summed E-state index contributed by atoms with van der Waals surface area (Å²) in [5.41, 5.74) is 4.47. The van der Waals surface area contributed by atoms with E-state index in [9.17, 15) is 5.11 Å². The predicted octanol–water partition coefficient (Wildman–Crippen LogP) is 5.43. The molecule has 3 rings (SSSR count). The Bertz CT molecular complexity index is 803. The number of nitrogens with one attached hydrogen (secondary N) is 1. The zero-order valence-corrected chi connectivity index (χ0v) is 19.0. The monoisotopic (exact) mass is 414 g/mol. The third-order valence-corrected chi connectivity index (χ3v) is 5.89. The van der Waals surface area contributed by atoms with E-state index >= 15 is 0 Å². The molecule has 2 N–H and O–H groups in total. The van der Waals surface area contributed by atoms with Crippen LogP contribution in [-0.4, -0.2) is 21.7 Å². The van der Waals surface area contributed by atoms with Crippen LogP contribution < -0.4 is 5.32 Å². The fraction of sp³-hybridized carbons (Fsp3) is 0.480. The maximum absolute atomic E-state index is 11.1. The van der Waals surface area contributed by atoms with Crippen molar-refractivity contribution in [3.05, 3.63) is 77.1 Å². The van der Waals surface area contributed by atoms with E-state index in [-0.39, 0.29) is 36.0 Å². The molecule has 29 heavy (non-hydrogen) atoms. The maximum atomic E-state index is 11.1. The van der Waals surface area contributed by atoms with Crippen LogP contribution in [0.4, 0.5) is 0 Å². The molecule has 0 saturated carbocycles. The van der Waals surface area contributed by atoms with Crippen LogP contribution in [0.5, 0.6) is 0 Å². The molecule has 0 fully saturated rings. The summed E-state index contributed by atoms with van der Waals surface area (Å²) >= 11 is 0. The van der Waals surface area contributed by atoms with Gasteiger partial charge < -0.3 is 10.4 Å². The van der Waals surface area contributed by atoms with Crippen molar-refractivity contribution in [1.29, 1.82) is 0 Å².